The van der Waals surface area contributed by atoms with Crippen molar-refractivity contribution < 1.29 is 51.6 Å². The largest absolute Gasteiger partial charge is 1.00 e. The van der Waals surface area contributed by atoms with Gasteiger partial charge in [0.2, 0.25) is 5.79 Å². The summed E-state index contributed by atoms with van der Waals surface area (Å²) in [6, 6.07) is 4.97. The molecule has 1 heterocycles. The monoisotopic (exact) mass is 329 g/mol. The van der Waals surface area contributed by atoms with Crippen LogP contribution in [0, 0.1) is 0 Å². The predicted molar refractivity (Wildman–Crippen MR) is 69.2 cm³/mol. The minimum atomic E-state index is -4.28. The van der Waals surface area contributed by atoms with Crippen molar-refractivity contribution in [3.05, 3.63) is 33.9 Å². The van der Waals surface area contributed by atoms with Crippen LogP contribution in [-0.4, -0.2) is 20.8 Å². The van der Waals surface area contributed by atoms with Crippen LogP contribution in [0.25, 0.3) is 5.14 Å². The maximum atomic E-state index is 10.7. The van der Waals surface area contributed by atoms with Crippen LogP contribution in [0.1, 0.15) is 25.5 Å². The van der Waals surface area contributed by atoms with Crippen molar-refractivity contribution in [1.82, 2.24) is 0 Å². The van der Waals surface area contributed by atoms with Crippen molar-refractivity contribution in [2.75, 3.05) is 6.61 Å². The zero-order chi connectivity index (χ0) is 14.3. The van der Waals surface area contributed by atoms with E-state index in [2.05, 4.69) is 4.18 Å². The van der Waals surface area contributed by atoms with Gasteiger partial charge in [0.25, 0.3) is 0 Å². The number of rotatable bonds is 3. The van der Waals surface area contributed by atoms with E-state index < -0.39 is 22.2 Å². The summed E-state index contributed by atoms with van der Waals surface area (Å²) in [4.78, 5) is 0. The molecule has 106 valence electrons. The van der Waals surface area contributed by atoms with Crippen molar-refractivity contribution in [2.24, 2.45) is 0 Å². The quantitative estimate of drug-likeness (QED) is 0.720. The van der Waals surface area contributed by atoms with Gasteiger partial charge < -0.3 is 14.6 Å². The Balaban J connectivity index is 0.00000200. The number of halogens is 1. The van der Waals surface area contributed by atoms with E-state index in [1.54, 1.807) is 32.0 Å². The second-order valence-corrected chi connectivity index (χ2v) is 6.11. The van der Waals surface area contributed by atoms with Crippen molar-refractivity contribution >= 4 is 21.9 Å². The number of hydrogen-bond acceptors (Lipinski definition) is 5. The summed E-state index contributed by atoms with van der Waals surface area (Å²) in [6.07, 6.45) is -0.669. The summed E-state index contributed by atoms with van der Waals surface area (Å²) in [5.41, 5.74) is 0.593. The zero-order valence-corrected chi connectivity index (χ0v) is 14.9. The third-order valence-electron chi connectivity index (χ3n) is 2.48. The van der Waals surface area contributed by atoms with Gasteiger partial charge in [0, 0.05) is 24.4 Å². The number of benzene rings is 1. The molecule has 1 unspecified atom stereocenters. The van der Waals surface area contributed by atoms with Crippen LogP contribution < -0.4 is 34.3 Å². The minimum Gasteiger partial charge on any atom is -0.540 e. The van der Waals surface area contributed by atoms with E-state index in [4.69, 9.17) is 26.2 Å². The molecular weight excluding hydrogens is 317 g/mol. The molecule has 1 aliphatic heterocycles. The SMILES string of the molecule is CC1(C)Oc2ccc(Cl)cc2C(COS([NH-])(=O)=O)O1.[Na+]. The second kappa shape index (κ2) is 6.50. The molecule has 2 rings (SSSR count). The van der Waals surface area contributed by atoms with E-state index >= 15 is 0 Å². The molecule has 0 amide bonds. The van der Waals surface area contributed by atoms with Gasteiger partial charge in [0.1, 0.15) is 11.9 Å². The first-order valence-electron chi connectivity index (χ1n) is 5.46. The molecule has 0 aromatic heterocycles. The van der Waals surface area contributed by atoms with E-state index in [0.717, 1.165) is 0 Å². The number of fused-ring (bicyclic) bond motifs is 1. The Kier molecular flexibility index (Phi) is 5.91. The standard InChI is InChI=1S/C11H13ClNO5S.Na/c1-11(2)17-9-4-3-7(12)5-8(9)10(18-11)6-16-19(13,14)15;/h3-5,10H,6H2,1-2H3,(H-,13,14,15);/q-1;+1. The normalized spacial score (nSPS) is 20.5. The first-order valence-corrected chi connectivity index (χ1v) is 7.25. The summed E-state index contributed by atoms with van der Waals surface area (Å²) < 4.78 is 37.2. The Morgan fingerprint density at radius 3 is 2.70 bits per heavy atom. The Labute approximate surface area is 145 Å². The van der Waals surface area contributed by atoms with Gasteiger partial charge in [-0.3, -0.25) is 4.18 Å². The van der Waals surface area contributed by atoms with Gasteiger partial charge in [-0.05, 0) is 18.2 Å². The third-order valence-corrected chi connectivity index (χ3v) is 3.16. The topological polar surface area (TPSA) is 85.6 Å². The average Bonchev–Trinajstić information content (AvgIpc) is 2.25. The van der Waals surface area contributed by atoms with Gasteiger partial charge in [0.05, 0.1) is 6.61 Å². The maximum Gasteiger partial charge on any atom is 1.00 e. The van der Waals surface area contributed by atoms with Gasteiger partial charge in [-0.1, -0.05) is 11.6 Å². The van der Waals surface area contributed by atoms with Gasteiger partial charge in [-0.2, -0.15) is 0 Å². The zero-order valence-electron chi connectivity index (χ0n) is 11.3. The van der Waals surface area contributed by atoms with E-state index in [9.17, 15) is 8.42 Å². The summed E-state index contributed by atoms with van der Waals surface area (Å²) in [7, 11) is -4.28. The molecule has 0 aliphatic carbocycles. The van der Waals surface area contributed by atoms with Crippen LogP contribution in [-0.2, 0) is 19.2 Å². The molecule has 0 spiro atoms. The molecule has 0 fully saturated rings. The average molecular weight is 330 g/mol. The fourth-order valence-electron chi connectivity index (χ4n) is 1.83. The molecular formula is C11H13ClNNaO5S. The van der Waals surface area contributed by atoms with Gasteiger partial charge >= 0.3 is 29.6 Å². The van der Waals surface area contributed by atoms with Crippen LogP contribution in [0.15, 0.2) is 18.2 Å². The Bertz CT molecular complexity index is 592. The molecule has 0 saturated carbocycles. The summed E-state index contributed by atoms with van der Waals surface area (Å²) in [5.74, 6) is -0.364. The molecule has 0 saturated heterocycles. The van der Waals surface area contributed by atoms with E-state index in [1.807, 2.05) is 0 Å². The molecule has 1 aliphatic rings. The molecule has 6 nitrogen and oxygen atoms in total. The number of nitrogens with one attached hydrogen (secondary N) is 1. The molecule has 0 bridgehead atoms. The second-order valence-electron chi connectivity index (χ2n) is 4.53. The van der Waals surface area contributed by atoms with Crippen LogP contribution >= 0.6 is 11.6 Å². The Morgan fingerprint density at radius 2 is 2.10 bits per heavy atom. The molecule has 1 aromatic rings. The van der Waals surface area contributed by atoms with Gasteiger partial charge in [0.15, 0.2) is 10.3 Å². The van der Waals surface area contributed by atoms with Crippen molar-refractivity contribution in [1.29, 1.82) is 0 Å². The summed E-state index contributed by atoms with van der Waals surface area (Å²) in [5, 5.41) is 7.19. The van der Waals surface area contributed by atoms with E-state index in [-0.39, 0.29) is 36.2 Å². The molecule has 1 N–H and O–H groups in total. The first-order chi connectivity index (χ1) is 8.66. The van der Waals surface area contributed by atoms with Crippen molar-refractivity contribution in [3.8, 4) is 5.75 Å². The van der Waals surface area contributed by atoms with Crippen LogP contribution in [0.3, 0.4) is 0 Å². The number of hydrogen-bond donors (Lipinski definition) is 0. The number of ether oxygens (including phenoxy) is 2. The Morgan fingerprint density at radius 1 is 1.45 bits per heavy atom. The van der Waals surface area contributed by atoms with Crippen LogP contribution in [0.4, 0.5) is 0 Å². The smallest absolute Gasteiger partial charge is 0.540 e. The Hall–Kier alpha value is 0.140. The van der Waals surface area contributed by atoms with Gasteiger partial charge in [-0.25, -0.2) is 8.42 Å². The molecule has 1 aromatic carbocycles. The van der Waals surface area contributed by atoms with Gasteiger partial charge in [-0.15, -0.1) is 0 Å². The minimum absolute atomic E-state index is 0. The van der Waals surface area contributed by atoms with Crippen LogP contribution in [0.2, 0.25) is 5.02 Å². The third kappa shape index (κ3) is 4.85. The van der Waals surface area contributed by atoms with Crippen molar-refractivity contribution in [2.45, 2.75) is 25.7 Å². The predicted octanol–water partition coefficient (Wildman–Crippen LogP) is -0.156. The summed E-state index contributed by atoms with van der Waals surface area (Å²) >= 11 is 5.90. The molecule has 1 atom stereocenters. The fraction of sp³-hybridized carbons (Fsp3) is 0.455. The molecule has 0 radical (unpaired) electrons. The molecule has 20 heavy (non-hydrogen) atoms. The summed E-state index contributed by atoms with van der Waals surface area (Å²) in [6.45, 7) is 3.10. The first kappa shape index (κ1) is 18.2. The molecule has 9 heteroatoms. The van der Waals surface area contributed by atoms with E-state index in [1.165, 1.54) is 0 Å². The maximum absolute atomic E-state index is 10.7. The van der Waals surface area contributed by atoms with Crippen LogP contribution in [0.5, 0.6) is 5.75 Å². The fourth-order valence-corrected chi connectivity index (χ4v) is 2.32. The van der Waals surface area contributed by atoms with Crippen molar-refractivity contribution in [3.63, 3.8) is 0 Å². The van der Waals surface area contributed by atoms with E-state index in [0.29, 0.717) is 16.3 Å².